The number of nitrogens with zero attached hydrogens (tertiary/aromatic N) is 1. The molecule has 0 aromatic carbocycles. The lowest BCUT2D eigenvalue weighted by atomic mass is 9.85. The number of nitrogens with one attached hydrogen (secondary N) is 1. The molecule has 78 valence electrons. The van der Waals surface area contributed by atoms with Crippen LogP contribution in [-0.2, 0) is 0 Å². The van der Waals surface area contributed by atoms with Gasteiger partial charge in [-0.05, 0) is 44.3 Å². The van der Waals surface area contributed by atoms with Crippen LogP contribution < -0.4 is 5.32 Å². The molecule has 0 saturated carbocycles. The van der Waals surface area contributed by atoms with Gasteiger partial charge >= 0.3 is 0 Å². The first kappa shape index (κ1) is 9.87. The van der Waals surface area contributed by atoms with Crippen molar-refractivity contribution < 1.29 is 5.11 Å². The Bertz CT molecular complexity index is 230. The average Bonchev–Trinajstić information content (AvgIpc) is 2.78. The second-order valence-corrected chi connectivity index (χ2v) is 4.28. The van der Waals surface area contributed by atoms with Crippen LogP contribution >= 0.6 is 0 Å². The van der Waals surface area contributed by atoms with E-state index in [1.807, 2.05) is 12.3 Å². The first-order chi connectivity index (χ1) is 6.85. The number of aliphatic hydroxyl groups excluding tert-OH is 1. The topological polar surface area (TPSA) is 44.6 Å². The monoisotopic (exact) mass is 194 g/mol. The minimum Gasteiger partial charge on any atom is -0.396 e. The normalized spacial score (nSPS) is 35.6. The summed E-state index contributed by atoms with van der Waals surface area (Å²) in [5.41, 5.74) is -0.0918. The summed E-state index contributed by atoms with van der Waals surface area (Å²) < 4.78 is 0. The van der Waals surface area contributed by atoms with E-state index in [0.29, 0.717) is 0 Å². The number of rotatable bonds is 4. The molecule has 0 aliphatic carbocycles. The summed E-state index contributed by atoms with van der Waals surface area (Å²) in [7, 11) is 0. The van der Waals surface area contributed by atoms with Crippen molar-refractivity contribution in [1.29, 1.82) is 0 Å². The van der Waals surface area contributed by atoms with E-state index in [1.54, 1.807) is 0 Å². The van der Waals surface area contributed by atoms with Gasteiger partial charge in [0.15, 0.2) is 0 Å². The highest BCUT2D eigenvalue weighted by atomic mass is 16.3. The van der Waals surface area contributed by atoms with Gasteiger partial charge in [-0.1, -0.05) is 6.08 Å². The summed E-state index contributed by atoms with van der Waals surface area (Å²) in [5, 5.41) is 12.4. The van der Waals surface area contributed by atoms with Gasteiger partial charge in [0.05, 0.1) is 5.54 Å². The molecule has 2 heterocycles. The van der Waals surface area contributed by atoms with E-state index >= 15 is 0 Å². The van der Waals surface area contributed by atoms with Crippen LogP contribution in [0.3, 0.4) is 0 Å². The first-order valence-corrected chi connectivity index (χ1v) is 5.39. The number of allylic oxidation sites excluding steroid dienone is 1. The fourth-order valence-electron chi connectivity index (χ4n) is 2.41. The van der Waals surface area contributed by atoms with Gasteiger partial charge in [-0.2, -0.15) is 0 Å². The third kappa shape index (κ3) is 2.04. The van der Waals surface area contributed by atoms with Crippen molar-refractivity contribution in [3.63, 3.8) is 0 Å². The minimum absolute atomic E-state index is 0.0918. The zero-order valence-corrected chi connectivity index (χ0v) is 8.45. The summed E-state index contributed by atoms with van der Waals surface area (Å²) in [4.78, 5) is 4.50. The predicted molar refractivity (Wildman–Crippen MR) is 57.7 cm³/mol. The molecule has 14 heavy (non-hydrogen) atoms. The molecule has 1 fully saturated rings. The van der Waals surface area contributed by atoms with E-state index in [9.17, 15) is 0 Å². The Kier molecular flexibility index (Phi) is 2.99. The first-order valence-electron chi connectivity index (χ1n) is 5.39. The second kappa shape index (κ2) is 4.24. The molecule has 2 N–H and O–H groups in total. The van der Waals surface area contributed by atoms with Crippen LogP contribution in [0.2, 0.25) is 0 Å². The Balaban J connectivity index is 1.96. The minimum atomic E-state index is -0.0918. The highest BCUT2D eigenvalue weighted by molar-refractivity contribution is 5.75. The van der Waals surface area contributed by atoms with Gasteiger partial charge in [0, 0.05) is 12.8 Å². The van der Waals surface area contributed by atoms with Crippen molar-refractivity contribution in [2.24, 2.45) is 10.9 Å². The van der Waals surface area contributed by atoms with Crippen molar-refractivity contribution in [2.45, 2.75) is 24.8 Å². The molecule has 1 saturated heterocycles. The molecule has 2 unspecified atom stereocenters. The maximum absolute atomic E-state index is 9.04. The van der Waals surface area contributed by atoms with Crippen LogP contribution in [0.25, 0.3) is 0 Å². The van der Waals surface area contributed by atoms with Crippen molar-refractivity contribution in [3.05, 3.63) is 12.2 Å². The fourth-order valence-corrected chi connectivity index (χ4v) is 2.41. The summed E-state index contributed by atoms with van der Waals surface area (Å²) >= 11 is 0. The van der Waals surface area contributed by atoms with Gasteiger partial charge in [0.1, 0.15) is 0 Å². The van der Waals surface area contributed by atoms with E-state index in [4.69, 9.17) is 5.11 Å². The zero-order valence-electron chi connectivity index (χ0n) is 8.45. The van der Waals surface area contributed by atoms with E-state index in [0.717, 1.165) is 31.8 Å². The van der Waals surface area contributed by atoms with Crippen LogP contribution in [0.15, 0.2) is 17.1 Å². The van der Waals surface area contributed by atoms with E-state index < -0.39 is 0 Å². The van der Waals surface area contributed by atoms with Gasteiger partial charge in [-0.15, -0.1) is 0 Å². The molecule has 2 aliphatic heterocycles. The number of hydrogen-bond donors (Lipinski definition) is 2. The lowest BCUT2D eigenvalue weighted by Crippen LogP contribution is -2.28. The summed E-state index contributed by atoms with van der Waals surface area (Å²) in [5.74, 6) is 0.724. The molecule has 3 nitrogen and oxygen atoms in total. The third-order valence-corrected chi connectivity index (χ3v) is 3.17. The van der Waals surface area contributed by atoms with Crippen molar-refractivity contribution >= 4 is 6.21 Å². The third-order valence-electron chi connectivity index (χ3n) is 3.17. The SMILES string of the molecule is OCCC1(CC2CCNC2)C=CC=N1. The zero-order chi connectivity index (χ0) is 9.86. The van der Waals surface area contributed by atoms with Crippen LogP contribution in [0.1, 0.15) is 19.3 Å². The van der Waals surface area contributed by atoms with Crippen LogP contribution in [0.5, 0.6) is 0 Å². The standard InChI is InChI=1S/C11H18N2O/c14-7-4-11(3-1-5-13-11)8-10-2-6-12-9-10/h1,3,5,10,12,14H,2,4,6-9H2. The summed E-state index contributed by atoms with van der Waals surface area (Å²) in [6.07, 6.45) is 9.08. The highest BCUT2D eigenvalue weighted by Gasteiger charge is 2.31. The number of hydrogen-bond acceptors (Lipinski definition) is 3. The Morgan fingerprint density at radius 3 is 3.07 bits per heavy atom. The van der Waals surface area contributed by atoms with Gasteiger partial charge in [0.25, 0.3) is 0 Å². The molecule has 3 heteroatoms. The lowest BCUT2D eigenvalue weighted by molar-refractivity contribution is 0.243. The Hall–Kier alpha value is -0.670. The average molecular weight is 194 g/mol. The summed E-state index contributed by atoms with van der Waals surface area (Å²) in [6, 6.07) is 0. The van der Waals surface area contributed by atoms with Crippen molar-refractivity contribution in [2.75, 3.05) is 19.7 Å². The smallest absolute Gasteiger partial charge is 0.0816 e. The number of aliphatic imine (C=N–C) groups is 1. The quantitative estimate of drug-likeness (QED) is 0.693. The molecule has 2 aliphatic rings. The van der Waals surface area contributed by atoms with E-state index in [2.05, 4.69) is 16.4 Å². The van der Waals surface area contributed by atoms with Crippen molar-refractivity contribution in [1.82, 2.24) is 5.32 Å². The fraction of sp³-hybridized carbons (Fsp3) is 0.727. The van der Waals surface area contributed by atoms with Gasteiger partial charge in [-0.3, -0.25) is 4.99 Å². The molecule has 2 atom stereocenters. The predicted octanol–water partition coefficient (Wildman–Crippen LogP) is 0.748. The van der Waals surface area contributed by atoms with Crippen LogP contribution in [0.4, 0.5) is 0 Å². The molecule has 2 rings (SSSR count). The molecule has 0 amide bonds. The Morgan fingerprint density at radius 1 is 1.57 bits per heavy atom. The largest absolute Gasteiger partial charge is 0.396 e. The number of aliphatic hydroxyl groups is 1. The summed E-state index contributed by atoms with van der Waals surface area (Å²) in [6.45, 7) is 2.46. The molecule has 0 bridgehead atoms. The Labute approximate surface area is 84.9 Å². The van der Waals surface area contributed by atoms with E-state index in [-0.39, 0.29) is 12.1 Å². The molecular weight excluding hydrogens is 176 g/mol. The molecule has 0 aromatic heterocycles. The lowest BCUT2D eigenvalue weighted by Gasteiger charge is -2.26. The molecule has 0 aromatic rings. The van der Waals surface area contributed by atoms with Gasteiger partial charge in [-0.25, -0.2) is 0 Å². The van der Waals surface area contributed by atoms with Crippen molar-refractivity contribution in [3.8, 4) is 0 Å². The van der Waals surface area contributed by atoms with Gasteiger partial charge < -0.3 is 10.4 Å². The van der Waals surface area contributed by atoms with E-state index in [1.165, 1.54) is 6.42 Å². The molecular formula is C11H18N2O. The van der Waals surface area contributed by atoms with Crippen LogP contribution in [-0.4, -0.2) is 36.6 Å². The Morgan fingerprint density at radius 2 is 2.50 bits per heavy atom. The second-order valence-electron chi connectivity index (χ2n) is 4.28. The molecule has 0 radical (unpaired) electrons. The molecule has 0 spiro atoms. The maximum Gasteiger partial charge on any atom is 0.0816 e. The van der Waals surface area contributed by atoms with Gasteiger partial charge in [0.2, 0.25) is 0 Å². The highest BCUT2D eigenvalue weighted by Crippen LogP contribution is 2.31. The van der Waals surface area contributed by atoms with Crippen LogP contribution in [0, 0.1) is 5.92 Å². The maximum atomic E-state index is 9.04.